The van der Waals surface area contributed by atoms with Crippen molar-refractivity contribution in [2.45, 2.75) is 38.3 Å². The van der Waals surface area contributed by atoms with Crippen molar-refractivity contribution in [3.63, 3.8) is 0 Å². The maximum Gasteiger partial charge on any atom is 0.254 e. The third-order valence-corrected chi connectivity index (χ3v) is 4.54. The quantitative estimate of drug-likeness (QED) is 0.906. The van der Waals surface area contributed by atoms with E-state index in [-0.39, 0.29) is 17.5 Å². The van der Waals surface area contributed by atoms with Crippen molar-refractivity contribution < 1.29 is 9.90 Å². The molecule has 2 aromatic rings. The number of rotatable bonds is 4. The zero-order chi connectivity index (χ0) is 17.1. The minimum atomic E-state index is -0.592. The van der Waals surface area contributed by atoms with E-state index >= 15 is 0 Å². The fourth-order valence-electron chi connectivity index (χ4n) is 3.39. The van der Waals surface area contributed by atoms with Crippen LogP contribution in [-0.2, 0) is 0 Å². The Morgan fingerprint density at radius 3 is 2.79 bits per heavy atom. The lowest BCUT2D eigenvalue weighted by molar-refractivity contribution is 0.0666. The van der Waals surface area contributed by atoms with E-state index in [1.54, 1.807) is 17.9 Å². The molecule has 24 heavy (non-hydrogen) atoms. The molecule has 1 fully saturated rings. The molecule has 1 amide bonds. The van der Waals surface area contributed by atoms with Gasteiger partial charge in [0, 0.05) is 29.9 Å². The molecule has 126 valence electrons. The first-order valence-electron chi connectivity index (χ1n) is 8.29. The van der Waals surface area contributed by atoms with E-state index in [0.29, 0.717) is 24.2 Å². The number of hydrogen-bond donors (Lipinski definition) is 2. The van der Waals surface area contributed by atoms with E-state index in [1.165, 1.54) is 6.07 Å². The van der Waals surface area contributed by atoms with Gasteiger partial charge in [0.25, 0.3) is 5.91 Å². The fourth-order valence-corrected chi connectivity index (χ4v) is 3.39. The number of aromatic nitrogens is 1. The summed E-state index contributed by atoms with van der Waals surface area (Å²) in [5, 5.41) is 10.4. The van der Waals surface area contributed by atoms with Gasteiger partial charge < -0.3 is 15.0 Å². The summed E-state index contributed by atoms with van der Waals surface area (Å²) in [6.07, 6.45) is 1.71. The van der Waals surface area contributed by atoms with Gasteiger partial charge in [-0.1, -0.05) is 30.3 Å². The number of nitrogens with zero attached hydrogens (tertiary/aromatic N) is 1. The highest BCUT2D eigenvalue weighted by molar-refractivity contribution is 5.94. The molecular weight excluding hydrogens is 304 g/mol. The number of carbonyl (C=O) groups is 1. The number of aryl methyl sites for hydroxylation is 1. The molecule has 0 bridgehead atoms. The third kappa shape index (κ3) is 3.57. The molecule has 0 saturated carbocycles. The normalized spacial score (nSPS) is 18.6. The monoisotopic (exact) mass is 326 g/mol. The highest BCUT2D eigenvalue weighted by Gasteiger charge is 2.31. The van der Waals surface area contributed by atoms with Gasteiger partial charge in [-0.15, -0.1) is 0 Å². The van der Waals surface area contributed by atoms with E-state index in [1.807, 2.05) is 30.3 Å². The van der Waals surface area contributed by atoms with Crippen LogP contribution in [0.3, 0.4) is 0 Å². The van der Waals surface area contributed by atoms with Crippen molar-refractivity contribution in [3.05, 3.63) is 69.6 Å². The number of aromatic amines is 1. The average molecular weight is 326 g/mol. The van der Waals surface area contributed by atoms with Gasteiger partial charge in [0.05, 0.1) is 6.10 Å². The minimum absolute atomic E-state index is 0.00713. The second kappa shape index (κ2) is 7.01. The van der Waals surface area contributed by atoms with E-state index in [9.17, 15) is 14.7 Å². The molecule has 2 unspecified atom stereocenters. The van der Waals surface area contributed by atoms with E-state index < -0.39 is 6.10 Å². The van der Waals surface area contributed by atoms with Crippen LogP contribution in [0.4, 0.5) is 0 Å². The lowest BCUT2D eigenvalue weighted by Crippen LogP contribution is -2.37. The molecule has 2 N–H and O–H groups in total. The number of nitrogens with one attached hydrogen (secondary N) is 1. The Morgan fingerprint density at radius 1 is 1.33 bits per heavy atom. The Labute approximate surface area is 140 Å². The zero-order valence-corrected chi connectivity index (χ0v) is 13.7. The van der Waals surface area contributed by atoms with E-state index in [4.69, 9.17) is 0 Å². The van der Waals surface area contributed by atoms with Crippen LogP contribution >= 0.6 is 0 Å². The third-order valence-electron chi connectivity index (χ3n) is 4.54. The highest BCUT2D eigenvalue weighted by Crippen LogP contribution is 2.28. The summed E-state index contributed by atoms with van der Waals surface area (Å²) in [4.78, 5) is 28.8. The van der Waals surface area contributed by atoms with Crippen molar-refractivity contribution in [2.75, 3.05) is 6.54 Å². The molecule has 1 aliphatic heterocycles. The van der Waals surface area contributed by atoms with Crippen molar-refractivity contribution in [2.24, 2.45) is 0 Å². The van der Waals surface area contributed by atoms with Crippen LogP contribution in [0.1, 0.15) is 47.0 Å². The van der Waals surface area contributed by atoms with Gasteiger partial charge in [0.15, 0.2) is 0 Å². The molecule has 1 aromatic carbocycles. The summed E-state index contributed by atoms with van der Waals surface area (Å²) in [6.45, 7) is 2.43. The standard InChI is InChI=1S/C19H22N2O3/c1-13-10-15(11-18(23)20-13)19(24)21-9-5-8-16(21)12-17(22)14-6-3-2-4-7-14/h2-4,6-7,10-11,16-17,22H,5,8-9,12H2,1H3,(H,20,23). The van der Waals surface area contributed by atoms with Gasteiger partial charge in [0.1, 0.15) is 0 Å². The van der Waals surface area contributed by atoms with Crippen molar-refractivity contribution >= 4 is 5.91 Å². The highest BCUT2D eigenvalue weighted by atomic mass is 16.3. The molecule has 2 atom stereocenters. The number of carbonyl (C=O) groups excluding carboxylic acids is 1. The molecule has 1 aromatic heterocycles. The second-order valence-electron chi connectivity index (χ2n) is 6.37. The number of amides is 1. The largest absolute Gasteiger partial charge is 0.388 e. The van der Waals surface area contributed by atoms with Crippen LogP contribution in [-0.4, -0.2) is 33.5 Å². The SMILES string of the molecule is Cc1cc(C(=O)N2CCCC2CC(O)c2ccccc2)cc(=O)[nH]1. The summed E-state index contributed by atoms with van der Waals surface area (Å²) in [5.41, 5.74) is 1.69. The maximum absolute atomic E-state index is 12.8. The number of benzene rings is 1. The average Bonchev–Trinajstić information content (AvgIpc) is 3.02. The Hall–Kier alpha value is -2.40. The Kier molecular flexibility index (Phi) is 4.81. The predicted molar refractivity (Wildman–Crippen MR) is 91.9 cm³/mol. The molecule has 1 aliphatic rings. The van der Waals surface area contributed by atoms with Crippen molar-refractivity contribution in [3.8, 4) is 0 Å². The topological polar surface area (TPSA) is 73.4 Å². The summed E-state index contributed by atoms with van der Waals surface area (Å²) < 4.78 is 0. The lowest BCUT2D eigenvalue weighted by atomic mass is 10.00. The van der Waals surface area contributed by atoms with Gasteiger partial charge in [-0.25, -0.2) is 0 Å². The van der Waals surface area contributed by atoms with E-state index in [0.717, 1.165) is 18.4 Å². The molecule has 0 spiro atoms. The molecule has 1 saturated heterocycles. The molecule has 5 nitrogen and oxygen atoms in total. The molecular formula is C19H22N2O3. The summed E-state index contributed by atoms with van der Waals surface area (Å²) in [6, 6.07) is 12.5. The number of H-pyrrole nitrogens is 1. The molecule has 0 aliphatic carbocycles. The van der Waals surface area contributed by atoms with Crippen LogP contribution in [0.25, 0.3) is 0 Å². The number of aliphatic hydroxyl groups is 1. The van der Waals surface area contributed by atoms with Gasteiger partial charge >= 0.3 is 0 Å². The molecule has 5 heteroatoms. The molecule has 2 heterocycles. The summed E-state index contributed by atoms with van der Waals surface area (Å²) in [5.74, 6) is -0.132. The van der Waals surface area contributed by atoms with E-state index in [2.05, 4.69) is 4.98 Å². The van der Waals surface area contributed by atoms with Crippen LogP contribution in [0, 0.1) is 6.92 Å². The van der Waals surface area contributed by atoms with Crippen LogP contribution in [0.5, 0.6) is 0 Å². The first-order chi connectivity index (χ1) is 11.5. The molecule has 3 rings (SSSR count). The number of hydrogen-bond acceptors (Lipinski definition) is 3. The maximum atomic E-state index is 12.8. The first-order valence-corrected chi connectivity index (χ1v) is 8.29. The van der Waals surface area contributed by atoms with Crippen molar-refractivity contribution in [1.82, 2.24) is 9.88 Å². The van der Waals surface area contributed by atoms with Crippen molar-refractivity contribution in [1.29, 1.82) is 0 Å². The predicted octanol–water partition coefficient (Wildman–Crippen LogP) is 2.41. The Bertz CT molecular complexity index is 770. The Balaban J connectivity index is 1.75. The van der Waals surface area contributed by atoms with Gasteiger partial charge in [0.2, 0.25) is 5.56 Å². The smallest absolute Gasteiger partial charge is 0.254 e. The van der Waals surface area contributed by atoms with Gasteiger partial charge in [-0.05, 0) is 37.8 Å². The van der Waals surface area contributed by atoms with Gasteiger partial charge in [-0.3, -0.25) is 9.59 Å². The zero-order valence-electron chi connectivity index (χ0n) is 13.7. The van der Waals surface area contributed by atoms with Crippen LogP contribution in [0.2, 0.25) is 0 Å². The number of pyridine rings is 1. The number of aliphatic hydroxyl groups excluding tert-OH is 1. The second-order valence-corrected chi connectivity index (χ2v) is 6.37. The summed E-state index contributed by atoms with van der Waals surface area (Å²) >= 11 is 0. The minimum Gasteiger partial charge on any atom is -0.388 e. The number of likely N-dealkylation sites (tertiary alicyclic amines) is 1. The van der Waals surface area contributed by atoms with Gasteiger partial charge in [-0.2, -0.15) is 0 Å². The van der Waals surface area contributed by atoms with Crippen LogP contribution in [0.15, 0.2) is 47.3 Å². The first kappa shape index (κ1) is 16.5. The fraction of sp³-hybridized carbons (Fsp3) is 0.368. The lowest BCUT2D eigenvalue weighted by Gasteiger charge is -2.27. The summed E-state index contributed by atoms with van der Waals surface area (Å²) in [7, 11) is 0. The van der Waals surface area contributed by atoms with Crippen LogP contribution < -0.4 is 5.56 Å². The Morgan fingerprint density at radius 2 is 2.08 bits per heavy atom. The molecule has 0 radical (unpaired) electrons.